The standard InChI is InChI=1S/C19H29NO/c1-12(2)17(20-18(21)16-11-13(16)3)14-7-9-15(10-8-14)19(4,5)6/h7-10,12-13,16-17H,11H2,1-6H3,(H,20,21). The number of hydrogen-bond acceptors (Lipinski definition) is 1. The number of rotatable bonds is 4. The molecule has 2 rings (SSSR count). The van der Waals surface area contributed by atoms with E-state index in [-0.39, 0.29) is 23.3 Å². The van der Waals surface area contributed by atoms with Crippen molar-refractivity contribution >= 4 is 5.91 Å². The molecule has 2 nitrogen and oxygen atoms in total. The number of carbonyl (C=O) groups is 1. The summed E-state index contributed by atoms with van der Waals surface area (Å²) < 4.78 is 0. The van der Waals surface area contributed by atoms with Crippen LogP contribution in [0, 0.1) is 17.8 Å². The average Bonchev–Trinajstić information content (AvgIpc) is 3.12. The highest BCUT2D eigenvalue weighted by Gasteiger charge is 2.40. The third-order valence-electron chi connectivity index (χ3n) is 4.55. The van der Waals surface area contributed by atoms with Crippen LogP contribution >= 0.6 is 0 Å². The quantitative estimate of drug-likeness (QED) is 0.870. The van der Waals surface area contributed by atoms with E-state index in [1.165, 1.54) is 11.1 Å². The minimum Gasteiger partial charge on any atom is -0.349 e. The van der Waals surface area contributed by atoms with Gasteiger partial charge in [0.25, 0.3) is 0 Å². The maximum atomic E-state index is 12.2. The zero-order chi connectivity index (χ0) is 15.8. The first-order chi connectivity index (χ1) is 9.70. The van der Waals surface area contributed by atoms with Gasteiger partial charge in [-0.3, -0.25) is 4.79 Å². The third kappa shape index (κ3) is 3.87. The molecule has 3 unspecified atom stereocenters. The van der Waals surface area contributed by atoms with Crippen LogP contribution in [0.2, 0.25) is 0 Å². The summed E-state index contributed by atoms with van der Waals surface area (Å²) in [6, 6.07) is 8.83. The van der Waals surface area contributed by atoms with Gasteiger partial charge in [-0.1, -0.05) is 65.8 Å². The third-order valence-corrected chi connectivity index (χ3v) is 4.55. The van der Waals surface area contributed by atoms with Gasteiger partial charge >= 0.3 is 0 Å². The highest BCUT2D eigenvalue weighted by molar-refractivity contribution is 5.81. The minimum atomic E-state index is 0.110. The van der Waals surface area contributed by atoms with Gasteiger partial charge in [-0.15, -0.1) is 0 Å². The first-order valence-electron chi connectivity index (χ1n) is 8.11. The lowest BCUT2D eigenvalue weighted by Crippen LogP contribution is -2.33. The lowest BCUT2D eigenvalue weighted by atomic mass is 9.85. The van der Waals surface area contributed by atoms with Crippen LogP contribution in [0.1, 0.15) is 65.1 Å². The molecule has 1 N–H and O–H groups in total. The number of nitrogens with one attached hydrogen (secondary N) is 1. The van der Waals surface area contributed by atoms with E-state index >= 15 is 0 Å². The Balaban J connectivity index is 2.13. The Morgan fingerprint density at radius 2 is 1.71 bits per heavy atom. The molecule has 0 saturated heterocycles. The van der Waals surface area contributed by atoms with Gasteiger partial charge in [-0.25, -0.2) is 0 Å². The summed E-state index contributed by atoms with van der Waals surface area (Å²) in [5.41, 5.74) is 2.70. The Kier molecular flexibility index (Phi) is 4.46. The van der Waals surface area contributed by atoms with E-state index in [0.29, 0.717) is 11.8 Å². The molecule has 0 spiro atoms. The summed E-state index contributed by atoms with van der Waals surface area (Å²) in [4.78, 5) is 12.2. The van der Waals surface area contributed by atoms with Crippen LogP contribution in [0.3, 0.4) is 0 Å². The van der Waals surface area contributed by atoms with Crippen molar-refractivity contribution in [3.63, 3.8) is 0 Å². The van der Waals surface area contributed by atoms with Crippen molar-refractivity contribution in [2.24, 2.45) is 17.8 Å². The van der Waals surface area contributed by atoms with E-state index in [0.717, 1.165) is 6.42 Å². The Hall–Kier alpha value is -1.31. The zero-order valence-electron chi connectivity index (χ0n) is 14.2. The monoisotopic (exact) mass is 287 g/mol. The van der Waals surface area contributed by atoms with Gasteiger partial charge in [0.05, 0.1) is 6.04 Å². The largest absolute Gasteiger partial charge is 0.349 e. The molecular formula is C19H29NO. The van der Waals surface area contributed by atoms with Gasteiger partial charge in [0, 0.05) is 5.92 Å². The van der Waals surface area contributed by atoms with Crippen LogP contribution in [0.25, 0.3) is 0 Å². The number of amides is 1. The molecule has 1 amide bonds. The summed E-state index contributed by atoms with van der Waals surface area (Å²) >= 11 is 0. The lowest BCUT2D eigenvalue weighted by Gasteiger charge is -2.25. The topological polar surface area (TPSA) is 29.1 Å². The van der Waals surface area contributed by atoms with Crippen LogP contribution in [0.15, 0.2) is 24.3 Å². The minimum absolute atomic E-state index is 0.110. The second-order valence-electron chi connectivity index (χ2n) is 7.92. The van der Waals surface area contributed by atoms with E-state index < -0.39 is 0 Å². The molecule has 0 aromatic heterocycles. The van der Waals surface area contributed by atoms with Crippen molar-refractivity contribution in [2.75, 3.05) is 0 Å². The fourth-order valence-corrected chi connectivity index (χ4v) is 2.77. The van der Waals surface area contributed by atoms with Crippen LogP contribution in [0.5, 0.6) is 0 Å². The van der Waals surface area contributed by atoms with E-state index in [9.17, 15) is 4.79 Å². The first kappa shape index (κ1) is 16.1. The second kappa shape index (κ2) is 5.82. The highest BCUT2D eigenvalue weighted by Crippen LogP contribution is 2.38. The molecule has 21 heavy (non-hydrogen) atoms. The van der Waals surface area contributed by atoms with Crippen molar-refractivity contribution in [3.05, 3.63) is 35.4 Å². The van der Waals surface area contributed by atoms with E-state index in [1.807, 2.05) is 0 Å². The van der Waals surface area contributed by atoms with Gasteiger partial charge < -0.3 is 5.32 Å². The Morgan fingerprint density at radius 1 is 1.19 bits per heavy atom. The maximum Gasteiger partial charge on any atom is 0.223 e. The molecular weight excluding hydrogens is 258 g/mol. The molecule has 0 bridgehead atoms. The maximum absolute atomic E-state index is 12.2. The molecule has 1 aromatic rings. The molecule has 1 fully saturated rings. The summed E-state index contributed by atoms with van der Waals surface area (Å²) in [6.07, 6.45) is 1.04. The molecule has 2 heteroatoms. The molecule has 1 aliphatic rings. The van der Waals surface area contributed by atoms with Crippen LogP contribution in [-0.4, -0.2) is 5.91 Å². The summed E-state index contributed by atoms with van der Waals surface area (Å²) in [7, 11) is 0. The van der Waals surface area contributed by atoms with Gasteiger partial charge in [-0.05, 0) is 34.8 Å². The molecule has 1 aromatic carbocycles. The Bertz CT molecular complexity index is 495. The molecule has 1 aliphatic carbocycles. The molecule has 0 heterocycles. The van der Waals surface area contributed by atoms with Crippen LogP contribution < -0.4 is 5.32 Å². The molecule has 116 valence electrons. The van der Waals surface area contributed by atoms with Crippen molar-refractivity contribution in [3.8, 4) is 0 Å². The second-order valence-corrected chi connectivity index (χ2v) is 7.92. The van der Waals surface area contributed by atoms with Gasteiger partial charge in [0.2, 0.25) is 5.91 Å². The Morgan fingerprint density at radius 3 is 2.10 bits per heavy atom. The number of hydrogen-bond donors (Lipinski definition) is 1. The smallest absolute Gasteiger partial charge is 0.223 e. The molecule has 1 saturated carbocycles. The van der Waals surface area contributed by atoms with Gasteiger partial charge in [-0.2, -0.15) is 0 Å². The molecule has 0 aliphatic heterocycles. The van der Waals surface area contributed by atoms with Crippen molar-refractivity contribution in [1.29, 1.82) is 0 Å². The predicted octanol–water partition coefficient (Wildman–Crippen LogP) is 4.45. The zero-order valence-corrected chi connectivity index (χ0v) is 14.2. The van der Waals surface area contributed by atoms with Crippen LogP contribution in [-0.2, 0) is 10.2 Å². The SMILES string of the molecule is CC(C)C(NC(=O)C1CC1C)c1ccc(C(C)(C)C)cc1. The normalized spacial score (nSPS) is 23.0. The van der Waals surface area contributed by atoms with Crippen molar-refractivity contribution < 1.29 is 4.79 Å². The molecule has 0 radical (unpaired) electrons. The van der Waals surface area contributed by atoms with Gasteiger partial charge in [0.1, 0.15) is 0 Å². The summed E-state index contributed by atoms with van der Waals surface area (Å²) in [6.45, 7) is 13.1. The van der Waals surface area contributed by atoms with Crippen molar-refractivity contribution in [2.45, 2.75) is 59.4 Å². The van der Waals surface area contributed by atoms with Crippen molar-refractivity contribution in [1.82, 2.24) is 5.32 Å². The fraction of sp³-hybridized carbons (Fsp3) is 0.632. The highest BCUT2D eigenvalue weighted by atomic mass is 16.2. The predicted molar refractivity (Wildman–Crippen MR) is 88.1 cm³/mol. The average molecular weight is 287 g/mol. The molecule has 3 atom stereocenters. The van der Waals surface area contributed by atoms with Crippen LogP contribution in [0.4, 0.5) is 0 Å². The van der Waals surface area contributed by atoms with Gasteiger partial charge in [0.15, 0.2) is 0 Å². The lowest BCUT2D eigenvalue weighted by molar-refractivity contribution is -0.123. The van der Waals surface area contributed by atoms with E-state index in [4.69, 9.17) is 0 Å². The summed E-state index contributed by atoms with van der Waals surface area (Å²) in [5, 5.41) is 3.24. The first-order valence-corrected chi connectivity index (χ1v) is 8.11. The van der Waals surface area contributed by atoms with E-state index in [1.54, 1.807) is 0 Å². The Labute approximate surface area is 129 Å². The fourth-order valence-electron chi connectivity index (χ4n) is 2.77. The number of carbonyl (C=O) groups excluding carboxylic acids is 1. The number of benzene rings is 1. The summed E-state index contributed by atoms with van der Waals surface area (Å²) in [5.74, 6) is 1.41. The van der Waals surface area contributed by atoms with E-state index in [2.05, 4.69) is 71.1 Å².